The van der Waals surface area contributed by atoms with E-state index in [4.69, 9.17) is 9.47 Å². The third-order valence-electron chi connectivity index (χ3n) is 4.21. The standard InChI is InChI=1S/C17H21NO4/c1-12(19)16-15(21-11-9-18-7-2-3-8-18)5-4-13-14(20)6-10-22-17(13)16/h4-5H,2-3,6-11H2,1H3. The number of benzene rings is 1. The highest BCUT2D eigenvalue weighted by Gasteiger charge is 2.26. The van der Waals surface area contributed by atoms with Crippen molar-refractivity contribution in [2.24, 2.45) is 0 Å². The van der Waals surface area contributed by atoms with Crippen LogP contribution in [0.4, 0.5) is 0 Å². The monoisotopic (exact) mass is 303 g/mol. The maximum absolute atomic E-state index is 12.0. The Morgan fingerprint density at radius 3 is 2.82 bits per heavy atom. The molecule has 0 atom stereocenters. The van der Waals surface area contributed by atoms with Gasteiger partial charge in [0, 0.05) is 13.0 Å². The van der Waals surface area contributed by atoms with Crippen molar-refractivity contribution in [1.82, 2.24) is 4.90 Å². The van der Waals surface area contributed by atoms with Crippen LogP contribution >= 0.6 is 0 Å². The lowest BCUT2D eigenvalue weighted by Gasteiger charge is -2.21. The smallest absolute Gasteiger partial charge is 0.170 e. The number of carbonyl (C=O) groups excluding carboxylic acids is 2. The maximum atomic E-state index is 12.0. The molecule has 1 fully saturated rings. The van der Waals surface area contributed by atoms with Gasteiger partial charge in [0.15, 0.2) is 11.6 Å². The highest BCUT2D eigenvalue weighted by molar-refractivity contribution is 6.07. The second-order valence-electron chi connectivity index (χ2n) is 5.79. The summed E-state index contributed by atoms with van der Waals surface area (Å²) in [4.78, 5) is 26.3. The van der Waals surface area contributed by atoms with Gasteiger partial charge in [-0.1, -0.05) is 0 Å². The van der Waals surface area contributed by atoms with E-state index >= 15 is 0 Å². The first kappa shape index (κ1) is 15.0. The van der Waals surface area contributed by atoms with Crippen LogP contribution in [0, 0.1) is 0 Å². The zero-order valence-electron chi connectivity index (χ0n) is 12.9. The van der Waals surface area contributed by atoms with Crippen molar-refractivity contribution in [3.8, 4) is 11.5 Å². The van der Waals surface area contributed by atoms with Crippen molar-refractivity contribution in [3.63, 3.8) is 0 Å². The predicted molar refractivity (Wildman–Crippen MR) is 82.1 cm³/mol. The highest BCUT2D eigenvalue weighted by Crippen LogP contribution is 2.35. The van der Waals surface area contributed by atoms with Gasteiger partial charge in [-0.15, -0.1) is 0 Å². The van der Waals surface area contributed by atoms with Crippen molar-refractivity contribution in [2.75, 3.05) is 32.8 Å². The van der Waals surface area contributed by atoms with Crippen LogP contribution in [0.25, 0.3) is 0 Å². The van der Waals surface area contributed by atoms with Crippen molar-refractivity contribution >= 4 is 11.6 Å². The lowest BCUT2D eigenvalue weighted by Crippen LogP contribution is -2.25. The molecular formula is C17H21NO4. The second-order valence-corrected chi connectivity index (χ2v) is 5.79. The summed E-state index contributed by atoms with van der Waals surface area (Å²) in [7, 11) is 0. The lowest BCUT2D eigenvalue weighted by atomic mass is 9.98. The molecule has 0 aromatic heterocycles. The Balaban J connectivity index is 1.78. The molecule has 0 unspecified atom stereocenters. The van der Waals surface area contributed by atoms with Crippen LogP contribution in [0.3, 0.4) is 0 Å². The van der Waals surface area contributed by atoms with Crippen molar-refractivity contribution in [2.45, 2.75) is 26.2 Å². The molecule has 1 saturated heterocycles. The summed E-state index contributed by atoms with van der Waals surface area (Å²) >= 11 is 0. The van der Waals surface area contributed by atoms with Gasteiger partial charge in [-0.05, 0) is 45.0 Å². The van der Waals surface area contributed by atoms with Crippen LogP contribution in [-0.2, 0) is 0 Å². The molecule has 118 valence electrons. The number of ketones is 2. The summed E-state index contributed by atoms with van der Waals surface area (Å²) in [6.45, 7) is 5.42. The first-order valence-corrected chi connectivity index (χ1v) is 7.86. The van der Waals surface area contributed by atoms with Gasteiger partial charge in [0.1, 0.15) is 23.7 Å². The Morgan fingerprint density at radius 1 is 1.32 bits per heavy atom. The molecule has 0 amide bonds. The van der Waals surface area contributed by atoms with Crippen LogP contribution in [0.2, 0.25) is 0 Å². The molecule has 3 rings (SSSR count). The number of ether oxygens (including phenoxy) is 2. The van der Waals surface area contributed by atoms with E-state index in [-0.39, 0.29) is 11.6 Å². The summed E-state index contributed by atoms with van der Waals surface area (Å²) in [6.07, 6.45) is 2.85. The predicted octanol–water partition coefficient (Wildman–Crippen LogP) is 2.33. The van der Waals surface area contributed by atoms with Gasteiger partial charge >= 0.3 is 0 Å². The molecule has 1 aromatic rings. The van der Waals surface area contributed by atoms with Crippen LogP contribution in [0.1, 0.15) is 46.9 Å². The molecule has 22 heavy (non-hydrogen) atoms. The number of likely N-dealkylation sites (tertiary alicyclic amines) is 1. The highest BCUT2D eigenvalue weighted by atomic mass is 16.5. The molecule has 0 radical (unpaired) electrons. The van der Waals surface area contributed by atoms with E-state index in [1.165, 1.54) is 19.8 Å². The molecule has 5 heteroatoms. The number of nitrogens with zero attached hydrogens (tertiary/aromatic N) is 1. The quantitative estimate of drug-likeness (QED) is 0.781. The number of Topliss-reactive ketones (excluding diaryl/α,β-unsaturated/α-hetero) is 2. The molecule has 0 spiro atoms. The first-order valence-electron chi connectivity index (χ1n) is 7.86. The van der Waals surface area contributed by atoms with E-state index in [1.807, 2.05) is 0 Å². The molecule has 2 aliphatic rings. The van der Waals surface area contributed by atoms with E-state index in [0.717, 1.165) is 19.6 Å². The van der Waals surface area contributed by atoms with Crippen LogP contribution in [-0.4, -0.2) is 49.3 Å². The Bertz CT molecular complexity index is 591. The van der Waals surface area contributed by atoms with E-state index in [1.54, 1.807) is 12.1 Å². The number of fused-ring (bicyclic) bond motifs is 1. The summed E-state index contributed by atoms with van der Waals surface area (Å²) in [5.74, 6) is 0.789. The summed E-state index contributed by atoms with van der Waals surface area (Å²) in [5, 5.41) is 0. The minimum absolute atomic E-state index is 0.0207. The van der Waals surface area contributed by atoms with Gasteiger partial charge in [0.05, 0.1) is 12.2 Å². The molecule has 0 aliphatic carbocycles. The van der Waals surface area contributed by atoms with E-state index in [0.29, 0.717) is 42.3 Å². The van der Waals surface area contributed by atoms with Crippen LogP contribution in [0.15, 0.2) is 12.1 Å². The molecule has 5 nitrogen and oxygen atoms in total. The summed E-state index contributed by atoms with van der Waals surface area (Å²) in [5.41, 5.74) is 0.885. The largest absolute Gasteiger partial charge is 0.491 e. The Hall–Kier alpha value is -1.88. The fraction of sp³-hybridized carbons (Fsp3) is 0.529. The molecule has 0 saturated carbocycles. The van der Waals surface area contributed by atoms with Crippen molar-refractivity contribution in [3.05, 3.63) is 23.3 Å². The molecule has 0 N–H and O–H groups in total. The number of carbonyl (C=O) groups is 2. The lowest BCUT2D eigenvalue weighted by molar-refractivity contribution is 0.0930. The van der Waals surface area contributed by atoms with Crippen molar-refractivity contribution in [1.29, 1.82) is 0 Å². The van der Waals surface area contributed by atoms with E-state index in [2.05, 4.69) is 4.90 Å². The number of rotatable bonds is 5. The number of hydrogen-bond acceptors (Lipinski definition) is 5. The minimum atomic E-state index is -0.136. The third kappa shape index (κ3) is 2.99. The third-order valence-corrected chi connectivity index (χ3v) is 4.21. The average Bonchev–Trinajstić information content (AvgIpc) is 3.00. The molecule has 2 heterocycles. The van der Waals surface area contributed by atoms with E-state index < -0.39 is 0 Å². The number of hydrogen-bond donors (Lipinski definition) is 0. The van der Waals surface area contributed by atoms with Crippen LogP contribution < -0.4 is 9.47 Å². The molecular weight excluding hydrogens is 282 g/mol. The summed E-state index contributed by atoms with van der Waals surface area (Å²) < 4.78 is 11.4. The van der Waals surface area contributed by atoms with Gasteiger partial charge in [-0.25, -0.2) is 0 Å². The zero-order chi connectivity index (χ0) is 15.5. The zero-order valence-corrected chi connectivity index (χ0v) is 12.9. The Labute approximate surface area is 130 Å². The fourth-order valence-corrected chi connectivity index (χ4v) is 3.06. The topological polar surface area (TPSA) is 55.8 Å². The SMILES string of the molecule is CC(=O)c1c(OCCN2CCCC2)ccc2c1OCCC2=O. The maximum Gasteiger partial charge on any atom is 0.170 e. The van der Waals surface area contributed by atoms with E-state index in [9.17, 15) is 9.59 Å². The van der Waals surface area contributed by atoms with Crippen LogP contribution in [0.5, 0.6) is 11.5 Å². The van der Waals surface area contributed by atoms with Gasteiger partial charge in [0.25, 0.3) is 0 Å². The first-order chi connectivity index (χ1) is 10.7. The fourth-order valence-electron chi connectivity index (χ4n) is 3.06. The van der Waals surface area contributed by atoms with Gasteiger partial charge < -0.3 is 9.47 Å². The van der Waals surface area contributed by atoms with Gasteiger partial charge in [-0.3, -0.25) is 14.5 Å². The molecule has 0 bridgehead atoms. The Kier molecular flexibility index (Phi) is 4.43. The molecule has 1 aromatic carbocycles. The summed E-state index contributed by atoms with van der Waals surface area (Å²) in [6, 6.07) is 3.42. The second kappa shape index (κ2) is 6.48. The normalized spacial score (nSPS) is 18.0. The minimum Gasteiger partial charge on any atom is -0.491 e. The van der Waals surface area contributed by atoms with Gasteiger partial charge in [-0.2, -0.15) is 0 Å². The van der Waals surface area contributed by atoms with Crippen molar-refractivity contribution < 1.29 is 19.1 Å². The average molecular weight is 303 g/mol. The van der Waals surface area contributed by atoms with Gasteiger partial charge in [0.2, 0.25) is 0 Å². The molecule has 2 aliphatic heterocycles. The Morgan fingerprint density at radius 2 is 2.09 bits per heavy atom.